The molecule has 6 heteroatoms. The van der Waals surface area contributed by atoms with E-state index in [4.69, 9.17) is 5.73 Å². The Balaban J connectivity index is 3.21. The first-order valence-electron chi connectivity index (χ1n) is 5.50. The Kier molecular flexibility index (Phi) is 4.70. The smallest absolute Gasteiger partial charge is 0.393 e. The molecular weight excluding hydrogens is 250 g/mol. The third-order valence-electron chi connectivity index (χ3n) is 2.67. The quantitative estimate of drug-likeness (QED) is 0.822. The molecule has 2 atom stereocenters. The van der Waals surface area contributed by atoms with Crippen LogP contribution in [-0.2, 0) is 6.18 Å². The lowest BCUT2D eigenvalue weighted by molar-refractivity contribution is -0.138. The molecular formula is C12H15F4NO. The summed E-state index contributed by atoms with van der Waals surface area (Å²) in [5.41, 5.74) is 4.33. The van der Waals surface area contributed by atoms with Crippen molar-refractivity contribution in [1.29, 1.82) is 0 Å². The highest BCUT2D eigenvalue weighted by atomic mass is 19.4. The standard InChI is InChI=1S/C12H15F4NO/c1-7(18)4-8(6-17)10-3-2-9(13)5-11(10)12(14,15)16/h2-3,5,7-8,18H,4,6,17H2,1H3. The number of benzene rings is 1. The molecule has 0 aliphatic rings. The van der Waals surface area contributed by atoms with Gasteiger partial charge in [0.25, 0.3) is 0 Å². The first-order chi connectivity index (χ1) is 8.25. The Morgan fingerprint density at radius 1 is 1.33 bits per heavy atom. The lowest BCUT2D eigenvalue weighted by atomic mass is 9.89. The van der Waals surface area contributed by atoms with Crippen molar-refractivity contribution >= 4 is 0 Å². The van der Waals surface area contributed by atoms with Crippen LogP contribution >= 0.6 is 0 Å². The van der Waals surface area contributed by atoms with Crippen LogP contribution in [0.4, 0.5) is 17.6 Å². The Morgan fingerprint density at radius 2 is 1.94 bits per heavy atom. The van der Waals surface area contributed by atoms with Crippen LogP contribution in [0.1, 0.15) is 30.4 Å². The third kappa shape index (κ3) is 3.68. The van der Waals surface area contributed by atoms with E-state index in [9.17, 15) is 22.7 Å². The molecule has 1 aromatic rings. The summed E-state index contributed by atoms with van der Waals surface area (Å²) in [5.74, 6) is -1.60. The molecule has 0 heterocycles. The van der Waals surface area contributed by atoms with Crippen LogP contribution in [-0.4, -0.2) is 17.8 Å². The van der Waals surface area contributed by atoms with Gasteiger partial charge in [-0.1, -0.05) is 6.07 Å². The zero-order chi connectivity index (χ0) is 13.9. The summed E-state index contributed by atoms with van der Waals surface area (Å²) in [4.78, 5) is 0. The summed E-state index contributed by atoms with van der Waals surface area (Å²) in [6.07, 6.45) is -5.31. The van der Waals surface area contributed by atoms with Gasteiger partial charge in [0, 0.05) is 0 Å². The van der Waals surface area contributed by atoms with Gasteiger partial charge in [-0.05, 0) is 43.5 Å². The van der Waals surface area contributed by atoms with E-state index in [0.29, 0.717) is 6.07 Å². The molecule has 18 heavy (non-hydrogen) atoms. The maximum atomic E-state index is 12.9. The first-order valence-corrected chi connectivity index (χ1v) is 5.50. The molecule has 3 N–H and O–H groups in total. The molecule has 0 saturated heterocycles. The topological polar surface area (TPSA) is 46.2 Å². The first kappa shape index (κ1) is 14.9. The highest BCUT2D eigenvalue weighted by molar-refractivity contribution is 5.33. The lowest BCUT2D eigenvalue weighted by Gasteiger charge is -2.21. The van der Waals surface area contributed by atoms with Crippen molar-refractivity contribution in [2.75, 3.05) is 6.54 Å². The molecule has 0 amide bonds. The van der Waals surface area contributed by atoms with E-state index < -0.39 is 29.6 Å². The van der Waals surface area contributed by atoms with E-state index in [0.717, 1.165) is 12.1 Å². The lowest BCUT2D eigenvalue weighted by Crippen LogP contribution is -2.21. The van der Waals surface area contributed by atoms with Crippen molar-refractivity contribution in [2.24, 2.45) is 5.73 Å². The molecule has 0 bridgehead atoms. The molecule has 1 rings (SSSR count). The fraction of sp³-hybridized carbons (Fsp3) is 0.500. The summed E-state index contributed by atoms with van der Waals surface area (Å²) in [7, 11) is 0. The molecule has 0 aliphatic heterocycles. The number of hydrogen-bond acceptors (Lipinski definition) is 2. The van der Waals surface area contributed by atoms with Gasteiger partial charge in [0.05, 0.1) is 11.7 Å². The van der Waals surface area contributed by atoms with E-state index in [-0.39, 0.29) is 18.5 Å². The van der Waals surface area contributed by atoms with E-state index in [1.54, 1.807) is 0 Å². The Bertz CT molecular complexity index is 404. The number of rotatable bonds is 4. The van der Waals surface area contributed by atoms with E-state index >= 15 is 0 Å². The minimum absolute atomic E-state index is 0.0421. The number of halogens is 4. The third-order valence-corrected chi connectivity index (χ3v) is 2.67. The number of alkyl halides is 3. The second-order valence-corrected chi connectivity index (χ2v) is 4.25. The van der Waals surface area contributed by atoms with Crippen LogP contribution in [0.3, 0.4) is 0 Å². The number of hydrogen-bond donors (Lipinski definition) is 2. The van der Waals surface area contributed by atoms with Crippen molar-refractivity contribution in [2.45, 2.75) is 31.5 Å². The van der Waals surface area contributed by atoms with Crippen LogP contribution in [0.25, 0.3) is 0 Å². The predicted octanol–water partition coefficient (Wildman–Crippen LogP) is 2.66. The van der Waals surface area contributed by atoms with Crippen molar-refractivity contribution in [3.05, 3.63) is 35.1 Å². The van der Waals surface area contributed by atoms with Gasteiger partial charge in [0.15, 0.2) is 0 Å². The molecule has 0 saturated carbocycles. The van der Waals surface area contributed by atoms with Crippen molar-refractivity contribution < 1.29 is 22.7 Å². The monoisotopic (exact) mass is 265 g/mol. The SMILES string of the molecule is CC(O)CC(CN)c1ccc(F)cc1C(F)(F)F. The van der Waals surface area contributed by atoms with Crippen LogP contribution in [0.5, 0.6) is 0 Å². The van der Waals surface area contributed by atoms with Gasteiger partial charge in [-0.25, -0.2) is 4.39 Å². The van der Waals surface area contributed by atoms with Gasteiger partial charge in [-0.15, -0.1) is 0 Å². The highest BCUT2D eigenvalue weighted by Gasteiger charge is 2.35. The van der Waals surface area contributed by atoms with Crippen LogP contribution in [0.2, 0.25) is 0 Å². The summed E-state index contributed by atoms with van der Waals surface area (Å²) in [6.45, 7) is 1.43. The Labute approximate surface area is 102 Å². The second kappa shape index (κ2) is 5.67. The predicted molar refractivity (Wildman–Crippen MR) is 59.5 cm³/mol. The molecule has 0 fully saturated rings. The summed E-state index contributed by atoms with van der Waals surface area (Å²) in [6, 6.07) is 2.51. The van der Waals surface area contributed by atoms with Crippen molar-refractivity contribution in [3.8, 4) is 0 Å². The van der Waals surface area contributed by atoms with Gasteiger partial charge in [-0.3, -0.25) is 0 Å². The normalized spacial score (nSPS) is 15.5. The van der Waals surface area contributed by atoms with E-state index in [2.05, 4.69) is 0 Å². The van der Waals surface area contributed by atoms with Crippen LogP contribution in [0.15, 0.2) is 18.2 Å². The summed E-state index contributed by atoms with van der Waals surface area (Å²) < 4.78 is 51.3. The molecule has 0 aliphatic carbocycles. The molecule has 0 radical (unpaired) electrons. The molecule has 0 spiro atoms. The van der Waals surface area contributed by atoms with Gasteiger partial charge in [-0.2, -0.15) is 13.2 Å². The maximum Gasteiger partial charge on any atom is 0.416 e. The maximum absolute atomic E-state index is 12.9. The number of nitrogens with two attached hydrogens (primary N) is 1. The average molecular weight is 265 g/mol. The fourth-order valence-corrected chi connectivity index (χ4v) is 1.89. The summed E-state index contributed by atoms with van der Waals surface area (Å²) in [5, 5.41) is 9.25. The largest absolute Gasteiger partial charge is 0.416 e. The van der Waals surface area contributed by atoms with E-state index in [1.165, 1.54) is 6.92 Å². The van der Waals surface area contributed by atoms with Gasteiger partial charge in [0.1, 0.15) is 5.82 Å². The van der Waals surface area contributed by atoms with Crippen molar-refractivity contribution in [3.63, 3.8) is 0 Å². The second-order valence-electron chi connectivity index (χ2n) is 4.25. The molecule has 2 unspecified atom stereocenters. The Hall–Kier alpha value is -1.14. The van der Waals surface area contributed by atoms with Gasteiger partial charge < -0.3 is 10.8 Å². The Morgan fingerprint density at radius 3 is 2.39 bits per heavy atom. The van der Waals surface area contributed by atoms with Crippen LogP contribution < -0.4 is 5.73 Å². The molecule has 1 aromatic carbocycles. The number of aliphatic hydroxyl groups is 1. The van der Waals surface area contributed by atoms with Crippen LogP contribution in [0, 0.1) is 5.82 Å². The number of aliphatic hydroxyl groups excluding tert-OH is 1. The average Bonchev–Trinajstić information content (AvgIpc) is 2.24. The highest BCUT2D eigenvalue weighted by Crippen LogP contribution is 2.36. The minimum atomic E-state index is -4.64. The molecule has 2 nitrogen and oxygen atoms in total. The zero-order valence-electron chi connectivity index (χ0n) is 9.84. The van der Waals surface area contributed by atoms with Gasteiger partial charge in [0.2, 0.25) is 0 Å². The fourth-order valence-electron chi connectivity index (χ4n) is 1.89. The minimum Gasteiger partial charge on any atom is -0.393 e. The summed E-state index contributed by atoms with van der Waals surface area (Å²) >= 11 is 0. The van der Waals surface area contributed by atoms with Crippen molar-refractivity contribution in [1.82, 2.24) is 0 Å². The van der Waals surface area contributed by atoms with E-state index in [1.807, 2.05) is 0 Å². The zero-order valence-corrected chi connectivity index (χ0v) is 9.84. The van der Waals surface area contributed by atoms with Gasteiger partial charge >= 0.3 is 6.18 Å². The molecule has 102 valence electrons. The molecule has 0 aromatic heterocycles.